The summed E-state index contributed by atoms with van der Waals surface area (Å²) < 4.78 is 1.52. The lowest BCUT2D eigenvalue weighted by Gasteiger charge is -2.03. The van der Waals surface area contributed by atoms with Crippen molar-refractivity contribution in [2.24, 2.45) is 7.05 Å². The average molecular weight is 221 g/mol. The smallest absolute Gasteiger partial charge is 0.269 e. The molecule has 0 bridgehead atoms. The number of nitrogens with zero attached hydrogens (tertiary/aromatic N) is 5. The molecule has 0 aromatic carbocycles. The highest BCUT2D eigenvalue weighted by Gasteiger charge is 2.09. The van der Waals surface area contributed by atoms with Crippen LogP contribution in [0.15, 0.2) is 12.3 Å². The zero-order valence-corrected chi connectivity index (χ0v) is 8.71. The fraction of sp³-hybridized carbons (Fsp3) is 0.375. The van der Waals surface area contributed by atoms with Crippen LogP contribution in [0.5, 0.6) is 0 Å². The van der Waals surface area contributed by atoms with E-state index < -0.39 is 0 Å². The first-order chi connectivity index (χ1) is 7.77. The molecule has 0 aliphatic rings. The maximum atomic E-state index is 11.6. The van der Waals surface area contributed by atoms with Crippen LogP contribution < -0.4 is 5.32 Å². The van der Waals surface area contributed by atoms with E-state index in [-0.39, 0.29) is 5.91 Å². The predicted molar refractivity (Wildman–Crippen MR) is 53.4 cm³/mol. The van der Waals surface area contributed by atoms with E-state index in [1.54, 1.807) is 19.3 Å². The first-order valence-electron chi connectivity index (χ1n) is 4.76. The number of amides is 1. The minimum atomic E-state index is -0.163. The van der Waals surface area contributed by atoms with Gasteiger partial charge in [-0.15, -0.1) is 10.2 Å². The number of carbonyl (C=O) groups is 1. The van der Waals surface area contributed by atoms with E-state index in [0.717, 1.165) is 0 Å². The molecule has 0 atom stereocenters. The molecule has 2 N–H and O–H groups in total. The van der Waals surface area contributed by atoms with Gasteiger partial charge in [0.15, 0.2) is 5.82 Å². The normalized spacial score (nSPS) is 10.3. The van der Waals surface area contributed by atoms with Gasteiger partial charge in [0.25, 0.3) is 5.91 Å². The van der Waals surface area contributed by atoms with Gasteiger partial charge in [0, 0.05) is 26.2 Å². The van der Waals surface area contributed by atoms with Crippen LogP contribution in [-0.2, 0) is 13.5 Å². The van der Waals surface area contributed by atoms with Crippen molar-refractivity contribution in [3.8, 4) is 0 Å². The van der Waals surface area contributed by atoms with Gasteiger partial charge in [-0.3, -0.25) is 9.48 Å². The van der Waals surface area contributed by atoms with Gasteiger partial charge in [0.1, 0.15) is 5.69 Å². The largest absolute Gasteiger partial charge is 0.350 e. The van der Waals surface area contributed by atoms with Crippen molar-refractivity contribution >= 4 is 5.91 Å². The lowest BCUT2D eigenvalue weighted by atomic mass is 10.3. The molecule has 0 fully saturated rings. The van der Waals surface area contributed by atoms with E-state index in [2.05, 4.69) is 31.0 Å². The van der Waals surface area contributed by atoms with E-state index >= 15 is 0 Å². The zero-order valence-electron chi connectivity index (χ0n) is 8.71. The molecule has 0 spiro atoms. The van der Waals surface area contributed by atoms with Gasteiger partial charge < -0.3 is 5.32 Å². The summed E-state index contributed by atoms with van der Waals surface area (Å²) in [5.74, 6) is 0.411. The van der Waals surface area contributed by atoms with Crippen LogP contribution in [0.4, 0.5) is 0 Å². The summed E-state index contributed by atoms with van der Waals surface area (Å²) in [6.45, 7) is 0.462. The molecule has 0 aliphatic heterocycles. The van der Waals surface area contributed by atoms with Gasteiger partial charge in [-0.05, 0) is 6.07 Å². The van der Waals surface area contributed by atoms with Crippen molar-refractivity contribution in [2.45, 2.75) is 6.42 Å². The predicted octanol–water partition coefficient (Wildman–Crippen LogP) is -1.09. The SMILES string of the molecule is Cn1nccc1C(=O)NCCc1nn[nH]n1. The van der Waals surface area contributed by atoms with E-state index in [4.69, 9.17) is 0 Å². The zero-order chi connectivity index (χ0) is 11.4. The fourth-order valence-corrected chi connectivity index (χ4v) is 1.26. The molecule has 2 aromatic heterocycles. The van der Waals surface area contributed by atoms with Crippen LogP contribution in [0.2, 0.25) is 0 Å². The molecule has 0 unspecified atom stereocenters. The third-order valence-corrected chi connectivity index (χ3v) is 2.08. The third-order valence-electron chi connectivity index (χ3n) is 2.08. The Hall–Kier alpha value is -2.25. The molecule has 2 aromatic rings. The number of rotatable bonds is 4. The fourth-order valence-electron chi connectivity index (χ4n) is 1.26. The molecule has 16 heavy (non-hydrogen) atoms. The topological polar surface area (TPSA) is 101 Å². The van der Waals surface area contributed by atoms with Crippen LogP contribution in [0.3, 0.4) is 0 Å². The second-order valence-electron chi connectivity index (χ2n) is 3.17. The number of tetrazole rings is 1. The van der Waals surface area contributed by atoms with Gasteiger partial charge in [0.05, 0.1) is 0 Å². The van der Waals surface area contributed by atoms with E-state index in [1.165, 1.54) is 4.68 Å². The highest BCUT2D eigenvalue weighted by atomic mass is 16.2. The lowest BCUT2D eigenvalue weighted by molar-refractivity contribution is 0.0944. The summed E-state index contributed by atoms with van der Waals surface area (Å²) in [5, 5.41) is 20.0. The van der Waals surface area contributed by atoms with Crippen molar-refractivity contribution < 1.29 is 4.79 Å². The van der Waals surface area contributed by atoms with Gasteiger partial charge >= 0.3 is 0 Å². The number of aromatic amines is 1. The first kappa shape index (κ1) is 10.3. The highest BCUT2D eigenvalue weighted by Crippen LogP contribution is 1.95. The Labute approximate surface area is 91.0 Å². The van der Waals surface area contributed by atoms with Gasteiger partial charge in [0.2, 0.25) is 0 Å². The third kappa shape index (κ3) is 2.22. The molecule has 2 rings (SSSR count). The summed E-state index contributed by atoms with van der Waals surface area (Å²) in [6, 6.07) is 1.66. The minimum absolute atomic E-state index is 0.163. The molecule has 0 saturated heterocycles. The molecule has 84 valence electrons. The molecular formula is C8H11N7O. The van der Waals surface area contributed by atoms with E-state index in [1.807, 2.05) is 0 Å². The molecule has 8 heteroatoms. The molecule has 8 nitrogen and oxygen atoms in total. The number of hydrogen-bond donors (Lipinski definition) is 2. The number of carbonyl (C=O) groups excluding carboxylic acids is 1. The first-order valence-corrected chi connectivity index (χ1v) is 4.76. The number of H-pyrrole nitrogens is 1. The summed E-state index contributed by atoms with van der Waals surface area (Å²) in [4.78, 5) is 11.6. The molecule has 0 saturated carbocycles. The van der Waals surface area contributed by atoms with Crippen LogP contribution in [-0.4, -0.2) is 42.9 Å². The quantitative estimate of drug-likeness (QED) is 0.682. The molecule has 0 aliphatic carbocycles. The Morgan fingerprint density at radius 1 is 1.62 bits per heavy atom. The Morgan fingerprint density at radius 2 is 2.50 bits per heavy atom. The average Bonchev–Trinajstić information content (AvgIpc) is 2.88. The maximum absolute atomic E-state index is 11.6. The monoisotopic (exact) mass is 221 g/mol. The molecular weight excluding hydrogens is 210 g/mol. The lowest BCUT2D eigenvalue weighted by Crippen LogP contribution is -2.27. The van der Waals surface area contributed by atoms with Crippen molar-refractivity contribution in [2.75, 3.05) is 6.54 Å². The Morgan fingerprint density at radius 3 is 3.12 bits per heavy atom. The Kier molecular flexibility index (Phi) is 2.90. The van der Waals surface area contributed by atoms with Crippen LogP contribution in [0.25, 0.3) is 0 Å². The van der Waals surface area contributed by atoms with Crippen molar-refractivity contribution in [1.82, 2.24) is 35.7 Å². The Bertz CT molecular complexity index is 460. The minimum Gasteiger partial charge on any atom is -0.350 e. The number of aryl methyl sites for hydroxylation is 1. The van der Waals surface area contributed by atoms with Crippen molar-refractivity contribution in [3.63, 3.8) is 0 Å². The standard InChI is InChI=1S/C8H11N7O/c1-15-6(2-5-10-15)8(16)9-4-3-7-11-13-14-12-7/h2,5H,3-4H2,1H3,(H,9,16)(H,11,12,13,14). The van der Waals surface area contributed by atoms with Gasteiger partial charge in [-0.25, -0.2) is 0 Å². The number of hydrogen-bond acceptors (Lipinski definition) is 5. The van der Waals surface area contributed by atoms with E-state index in [0.29, 0.717) is 24.5 Å². The second kappa shape index (κ2) is 4.51. The number of nitrogens with one attached hydrogen (secondary N) is 2. The highest BCUT2D eigenvalue weighted by molar-refractivity contribution is 5.92. The van der Waals surface area contributed by atoms with Crippen molar-refractivity contribution in [3.05, 3.63) is 23.8 Å². The van der Waals surface area contributed by atoms with Crippen LogP contribution in [0.1, 0.15) is 16.3 Å². The summed E-state index contributed by atoms with van der Waals surface area (Å²) in [5.41, 5.74) is 0.521. The molecule has 2 heterocycles. The van der Waals surface area contributed by atoms with Crippen LogP contribution >= 0.6 is 0 Å². The van der Waals surface area contributed by atoms with Crippen LogP contribution in [0, 0.1) is 0 Å². The molecule has 0 radical (unpaired) electrons. The maximum Gasteiger partial charge on any atom is 0.269 e. The summed E-state index contributed by atoms with van der Waals surface area (Å²) >= 11 is 0. The van der Waals surface area contributed by atoms with E-state index in [9.17, 15) is 4.79 Å². The summed E-state index contributed by atoms with van der Waals surface area (Å²) in [7, 11) is 1.72. The van der Waals surface area contributed by atoms with Gasteiger partial charge in [-0.2, -0.15) is 10.3 Å². The molecule has 1 amide bonds. The summed E-state index contributed by atoms with van der Waals surface area (Å²) in [6.07, 6.45) is 2.12. The van der Waals surface area contributed by atoms with Crippen molar-refractivity contribution in [1.29, 1.82) is 0 Å². The van der Waals surface area contributed by atoms with Gasteiger partial charge in [-0.1, -0.05) is 5.21 Å². The number of aromatic nitrogens is 6. The Balaban J connectivity index is 1.83. The second-order valence-corrected chi connectivity index (χ2v) is 3.17.